The van der Waals surface area contributed by atoms with Gasteiger partial charge in [0.1, 0.15) is 0 Å². The van der Waals surface area contributed by atoms with Crippen molar-refractivity contribution in [2.75, 3.05) is 0 Å². The smallest absolute Gasteiger partial charge is 0.182 e. The minimum absolute atomic E-state index is 0.130. The fraction of sp³-hybridized carbons (Fsp3) is 0.562. The predicted molar refractivity (Wildman–Crippen MR) is 74.7 cm³/mol. The van der Waals surface area contributed by atoms with Crippen molar-refractivity contribution in [3.05, 3.63) is 35.4 Å². The van der Waals surface area contributed by atoms with Crippen LogP contribution in [0.2, 0.25) is 0 Å². The van der Waals surface area contributed by atoms with Crippen LogP contribution in [0.3, 0.4) is 0 Å². The minimum atomic E-state index is -0.601. The summed E-state index contributed by atoms with van der Waals surface area (Å²) in [5.41, 5.74) is 7.66. The summed E-state index contributed by atoms with van der Waals surface area (Å²) in [4.78, 5) is 12.5. The van der Waals surface area contributed by atoms with E-state index in [-0.39, 0.29) is 5.78 Å². The molecule has 0 bridgehead atoms. The summed E-state index contributed by atoms with van der Waals surface area (Å²) in [6.07, 6.45) is 4.83. The van der Waals surface area contributed by atoms with Crippen LogP contribution in [0.1, 0.15) is 55.5 Å². The first kappa shape index (κ1) is 13.3. The lowest BCUT2D eigenvalue weighted by atomic mass is 9.87. The molecule has 2 N–H and O–H groups in total. The molecule has 0 amide bonds. The Kier molecular flexibility index (Phi) is 3.86. The lowest BCUT2D eigenvalue weighted by Crippen LogP contribution is -2.45. The zero-order valence-electron chi connectivity index (χ0n) is 11.4. The molecule has 1 aromatic rings. The second-order valence-corrected chi connectivity index (χ2v) is 5.99. The Hall–Kier alpha value is -1.15. The van der Waals surface area contributed by atoms with Crippen LogP contribution in [-0.4, -0.2) is 11.3 Å². The maximum absolute atomic E-state index is 12.5. The molecule has 0 unspecified atom stereocenters. The lowest BCUT2D eigenvalue weighted by Gasteiger charge is -2.22. The molecule has 1 fully saturated rings. The minimum Gasteiger partial charge on any atom is -0.319 e. The number of ketones is 1. The molecule has 0 aliphatic heterocycles. The van der Waals surface area contributed by atoms with E-state index < -0.39 is 5.54 Å². The van der Waals surface area contributed by atoms with Crippen LogP contribution in [0.15, 0.2) is 24.3 Å². The van der Waals surface area contributed by atoms with E-state index in [1.807, 2.05) is 18.2 Å². The molecule has 0 aromatic heterocycles. The van der Waals surface area contributed by atoms with E-state index in [1.54, 1.807) is 0 Å². The van der Waals surface area contributed by atoms with Gasteiger partial charge in [0.25, 0.3) is 0 Å². The molecule has 1 aromatic carbocycles. The highest BCUT2D eigenvalue weighted by molar-refractivity contribution is 6.03. The third kappa shape index (κ3) is 2.81. The van der Waals surface area contributed by atoms with E-state index in [2.05, 4.69) is 19.9 Å². The van der Waals surface area contributed by atoms with Crippen molar-refractivity contribution >= 4 is 5.78 Å². The van der Waals surface area contributed by atoms with Crippen LogP contribution in [0.5, 0.6) is 0 Å². The maximum Gasteiger partial charge on any atom is 0.182 e. The third-order valence-corrected chi connectivity index (χ3v) is 3.78. The fourth-order valence-corrected chi connectivity index (χ4v) is 2.83. The molecule has 2 rings (SSSR count). The van der Waals surface area contributed by atoms with Gasteiger partial charge >= 0.3 is 0 Å². The van der Waals surface area contributed by atoms with Crippen molar-refractivity contribution in [1.82, 2.24) is 0 Å². The summed E-state index contributed by atoms with van der Waals surface area (Å²) >= 11 is 0. The summed E-state index contributed by atoms with van der Waals surface area (Å²) in [5.74, 6) is 0.735. The molecule has 18 heavy (non-hydrogen) atoms. The van der Waals surface area contributed by atoms with Gasteiger partial charge in [-0.1, -0.05) is 44.9 Å². The van der Waals surface area contributed by atoms with Gasteiger partial charge in [-0.05, 0) is 36.8 Å². The summed E-state index contributed by atoms with van der Waals surface area (Å²) < 4.78 is 0. The molecule has 2 nitrogen and oxygen atoms in total. The third-order valence-electron chi connectivity index (χ3n) is 3.78. The van der Waals surface area contributed by atoms with Gasteiger partial charge in [0.2, 0.25) is 0 Å². The molecule has 1 saturated carbocycles. The quantitative estimate of drug-likeness (QED) is 0.827. The monoisotopic (exact) mass is 245 g/mol. The van der Waals surface area contributed by atoms with Crippen molar-refractivity contribution < 1.29 is 4.79 Å². The second kappa shape index (κ2) is 5.23. The predicted octanol–water partition coefficient (Wildman–Crippen LogP) is 3.34. The zero-order chi connectivity index (χ0) is 13.2. The molecule has 0 heterocycles. The molecular weight excluding hydrogens is 222 g/mol. The normalized spacial score (nSPS) is 18.2. The van der Waals surface area contributed by atoms with Crippen molar-refractivity contribution in [1.29, 1.82) is 0 Å². The van der Waals surface area contributed by atoms with Gasteiger partial charge in [-0.15, -0.1) is 0 Å². The van der Waals surface area contributed by atoms with E-state index in [1.165, 1.54) is 5.56 Å². The first-order valence-electron chi connectivity index (χ1n) is 6.94. The number of hydrogen-bond acceptors (Lipinski definition) is 2. The number of hydrogen-bond donors (Lipinski definition) is 1. The Morgan fingerprint density at radius 2 is 2.00 bits per heavy atom. The fourth-order valence-electron chi connectivity index (χ4n) is 2.83. The summed E-state index contributed by atoms with van der Waals surface area (Å²) in [7, 11) is 0. The molecule has 98 valence electrons. The van der Waals surface area contributed by atoms with Gasteiger partial charge in [0.15, 0.2) is 5.78 Å². The molecule has 1 aliphatic rings. The average Bonchev–Trinajstić information content (AvgIpc) is 2.76. The van der Waals surface area contributed by atoms with Crippen molar-refractivity contribution in [2.24, 2.45) is 11.7 Å². The summed E-state index contributed by atoms with van der Waals surface area (Å²) in [6, 6.07) is 7.99. The van der Waals surface area contributed by atoms with Gasteiger partial charge < -0.3 is 5.73 Å². The van der Waals surface area contributed by atoms with E-state index in [4.69, 9.17) is 5.73 Å². The highest BCUT2D eigenvalue weighted by Gasteiger charge is 2.37. The van der Waals surface area contributed by atoms with E-state index in [9.17, 15) is 4.79 Å². The second-order valence-electron chi connectivity index (χ2n) is 5.99. The van der Waals surface area contributed by atoms with Crippen LogP contribution >= 0.6 is 0 Å². The summed E-state index contributed by atoms with van der Waals surface area (Å²) in [6.45, 7) is 4.38. The molecular formula is C16H23NO. The molecule has 0 spiro atoms. The van der Waals surface area contributed by atoms with Crippen LogP contribution in [0, 0.1) is 5.92 Å². The molecule has 0 atom stereocenters. The molecule has 0 radical (unpaired) electrons. The van der Waals surface area contributed by atoms with Crippen LogP contribution in [-0.2, 0) is 6.42 Å². The maximum atomic E-state index is 12.5. The van der Waals surface area contributed by atoms with Gasteiger partial charge in [-0.25, -0.2) is 0 Å². The summed E-state index contributed by atoms with van der Waals surface area (Å²) in [5, 5.41) is 0. The zero-order valence-corrected chi connectivity index (χ0v) is 11.4. The number of rotatable bonds is 4. The average molecular weight is 245 g/mol. The molecule has 0 saturated heterocycles. The van der Waals surface area contributed by atoms with Gasteiger partial charge in [0.05, 0.1) is 5.54 Å². The number of nitrogens with two attached hydrogens (primary N) is 1. The first-order chi connectivity index (χ1) is 8.51. The number of Topliss-reactive ketones (excluding diaryl/α,β-unsaturated/α-hetero) is 1. The van der Waals surface area contributed by atoms with Gasteiger partial charge in [-0.3, -0.25) is 4.79 Å². The Balaban J connectivity index is 2.20. The SMILES string of the molecule is CC(C)Cc1cccc(C(=O)C2(N)CCCC2)c1. The largest absolute Gasteiger partial charge is 0.319 e. The Bertz CT molecular complexity index is 430. The van der Waals surface area contributed by atoms with Gasteiger partial charge in [0, 0.05) is 5.56 Å². The Morgan fingerprint density at radius 1 is 1.33 bits per heavy atom. The highest BCUT2D eigenvalue weighted by Crippen LogP contribution is 2.30. The van der Waals surface area contributed by atoms with Crippen LogP contribution < -0.4 is 5.73 Å². The van der Waals surface area contributed by atoms with Gasteiger partial charge in [-0.2, -0.15) is 0 Å². The van der Waals surface area contributed by atoms with Crippen molar-refractivity contribution in [3.8, 4) is 0 Å². The number of carbonyl (C=O) groups is 1. The van der Waals surface area contributed by atoms with E-state index >= 15 is 0 Å². The molecule has 2 heteroatoms. The van der Waals surface area contributed by atoms with Crippen LogP contribution in [0.25, 0.3) is 0 Å². The van der Waals surface area contributed by atoms with Crippen molar-refractivity contribution in [3.63, 3.8) is 0 Å². The van der Waals surface area contributed by atoms with E-state index in [0.717, 1.165) is 37.7 Å². The number of carbonyl (C=O) groups excluding carboxylic acids is 1. The lowest BCUT2D eigenvalue weighted by molar-refractivity contribution is 0.0892. The van der Waals surface area contributed by atoms with Crippen LogP contribution in [0.4, 0.5) is 0 Å². The Morgan fingerprint density at radius 3 is 2.61 bits per heavy atom. The standard InChI is InChI=1S/C16H23NO/c1-12(2)10-13-6-5-7-14(11-13)15(18)16(17)8-3-4-9-16/h5-7,11-12H,3-4,8-10,17H2,1-2H3. The van der Waals surface area contributed by atoms with Crippen molar-refractivity contribution in [2.45, 2.75) is 51.5 Å². The first-order valence-corrected chi connectivity index (χ1v) is 6.94. The number of benzene rings is 1. The topological polar surface area (TPSA) is 43.1 Å². The highest BCUT2D eigenvalue weighted by atomic mass is 16.1. The Labute approximate surface area is 110 Å². The van der Waals surface area contributed by atoms with E-state index in [0.29, 0.717) is 5.92 Å². The molecule has 1 aliphatic carbocycles.